The molecule has 1 rings (SSSR count). The van der Waals surface area contributed by atoms with Crippen LogP contribution in [0.5, 0.6) is 0 Å². The zero-order valence-electron chi connectivity index (χ0n) is 15.5. The van der Waals surface area contributed by atoms with Gasteiger partial charge >= 0.3 is 0 Å². The maximum absolute atomic E-state index is 12.1. The molecule has 0 spiro atoms. The monoisotopic (exact) mass is 370 g/mol. The Morgan fingerprint density at radius 1 is 1.04 bits per heavy atom. The molecule has 1 N–H and O–H groups in total. The molecule has 0 aliphatic rings. The van der Waals surface area contributed by atoms with Gasteiger partial charge in [-0.05, 0) is 30.7 Å². The highest BCUT2D eigenvalue weighted by Crippen LogP contribution is 2.15. The first-order chi connectivity index (χ1) is 11.9. The molecule has 0 heterocycles. The van der Waals surface area contributed by atoms with Crippen molar-refractivity contribution in [2.75, 3.05) is 20.7 Å². The highest BCUT2D eigenvalue weighted by Gasteiger charge is 2.20. The minimum atomic E-state index is -3.69. The largest absolute Gasteiger partial charge is 0.352 e. The number of sulfonamides is 1. The number of hydrogen-bond donors (Lipinski definition) is 1. The summed E-state index contributed by atoms with van der Waals surface area (Å²) in [5.74, 6) is -0.185. The number of unbranched alkanes of at least 4 members (excludes halogenated alkanes) is 6. The number of nitrogens with zero attached hydrogens (tertiary/aromatic N) is 1. The van der Waals surface area contributed by atoms with E-state index >= 15 is 0 Å². The lowest BCUT2D eigenvalue weighted by Crippen LogP contribution is -2.26. The standard InChI is InChI=1S/C18H30N2O4S/c1-4-5-6-7-8-9-10-15-19-18(21)16-11-13-17(14-12-16)25(22,23)20(2)24-3/h11-14H,4-10,15H2,1-3H3,(H,19,21). The van der Waals surface area contributed by atoms with E-state index in [9.17, 15) is 13.2 Å². The number of carbonyl (C=O) groups is 1. The molecule has 25 heavy (non-hydrogen) atoms. The lowest BCUT2D eigenvalue weighted by molar-refractivity contribution is -0.0258. The van der Waals surface area contributed by atoms with Crippen molar-refractivity contribution in [3.05, 3.63) is 29.8 Å². The fourth-order valence-electron chi connectivity index (χ4n) is 2.41. The fourth-order valence-corrected chi connectivity index (χ4v) is 3.38. The summed E-state index contributed by atoms with van der Waals surface area (Å²) in [5, 5.41) is 2.87. The van der Waals surface area contributed by atoms with E-state index in [-0.39, 0.29) is 10.8 Å². The van der Waals surface area contributed by atoms with Crippen LogP contribution >= 0.6 is 0 Å². The van der Waals surface area contributed by atoms with Gasteiger partial charge in [-0.2, -0.15) is 0 Å². The minimum absolute atomic E-state index is 0.0838. The number of carbonyl (C=O) groups excluding carboxylic acids is 1. The van der Waals surface area contributed by atoms with Crippen molar-refractivity contribution >= 4 is 15.9 Å². The topological polar surface area (TPSA) is 75.7 Å². The Morgan fingerprint density at radius 2 is 1.60 bits per heavy atom. The van der Waals surface area contributed by atoms with Crippen LogP contribution in [0.4, 0.5) is 0 Å². The summed E-state index contributed by atoms with van der Waals surface area (Å²) in [7, 11) is -1.09. The molecular formula is C18H30N2O4S. The molecule has 0 aliphatic carbocycles. The van der Waals surface area contributed by atoms with Crippen LogP contribution in [0.1, 0.15) is 62.2 Å². The summed E-state index contributed by atoms with van der Waals surface area (Å²) in [6.07, 6.45) is 8.37. The van der Waals surface area contributed by atoms with Gasteiger partial charge in [0, 0.05) is 19.2 Å². The van der Waals surface area contributed by atoms with E-state index in [0.29, 0.717) is 12.1 Å². The third-order valence-corrected chi connectivity index (χ3v) is 5.77. The predicted octanol–water partition coefficient (Wildman–Crippen LogP) is 3.35. The van der Waals surface area contributed by atoms with Gasteiger partial charge in [-0.1, -0.05) is 49.9 Å². The van der Waals surface area contributed by atoms with Gasteiger partial charge < -0.3 is 5.32 Å². The third-order valence-electron chi connectivity index (χ3n) is 4.08. The first-order valence-corrected chi connectivity index (χ1v) is 10.3. The van der Waals surface area contributed by atoms with Crippen molar-refractivity contribution in [2.24, 2.45) is 0 Å². The van der Waals surface area contributed by atoms with Crippen molar-refractivity contribution < 1.29 is 18.0 Å². The van der Waals surface area contributed by atoms with Crippen LogP contribution in [0.3, 0.4) is 0 Å². The summed E-state index contributed by atoms with van der Waals surface area (Å²) in [6.45, 7) is 2.84. The molecule has 0 atom stereocenters. The number of benzene rings is 1. The molecule has 6 nitrogen and oxygen atoms in total. The Hall–Kier alpha value is -1.44. The number of hydrogen-bond acceptors (Lipinski definition) is 4. The Bertz CT molecular complexity index is 614. The molecule has 0 aliphatic heterocycles. The molecule has 0 saturated carbocycles. The van der Waals surface area contributed by atoms with Crippen molar-refractivity contribution in [3.63, 3.8) is 0 Å². The normalized spacial score (nSPS) is 11.7. The maximum atomic E-state index is 12.1. The van der Waals surface area contributed by atoms with Crippen LogP contribution in [-0.4, -0.2) is 39.5 Å². The average molecular weight is 371 g/mol. The lowest BCUT2D eigenvalue weighted by atomic mass is 10.1. The van der Waals surface area contributed by atoms with Crippen molar-refractivity contribution in [3.8, 4) is 0 Å². The Labute approximate surface area is 151 Å². The van der Waals surface area contributed by atoms with Crippen LogP contribution in [0.25, 0.3) is 0 Å². The molecule has 7 heteroatoms. The number of amides is 1. The number of rotatable bonds is 12. The van der Waals surface area contributed by atoms with E-state index < -0.39 is 10.0 Å². The molecule has 0 aromatic heterocycles. The van der Waals surface area contributed by atoms with Gasteiger partial charge in [-0.3, -0.25) is 9.63 Å². The Morgan fingerprint density at radius 3 is 2.16 bits per heavy atom. The molecule has 0 fully saturated rings. The molecule has 0 saturated heterocycles. The molecule has 0 bridgehead atoms. The second kappa shape index (κ2) is 11.2. The van der Waals surface area contributed by atoms with E-state index in [0.717, 1.165) is 17.3 Å². The molecular weight excluding hydrogens is 340 g/mol. The summed E-state index contributed by atoms with van der Waals surface area (Å²) in [4.78, 5) is 16.9. The highest BCUT2D eigenvalue weighted by atomic mass is 32.2. The molecule has 1 amide bonds. The number of hydroxylamine groups is 1. The van der Waals surface area contributed by atoms with Crippen molar-refractivity contribution in [1.82, 2.24) is 9.79 Å². The SMILES string of the molecule is CCCCCCCCCNC(=O)c1ccc(S(=O)(=O)N(C)OC)cc1. The third kappa shape index (κ3) is 7.13. The fraction of sp³-hybridized carbons (Fsp3) is 0.611. The van der Waals surface area contributed by atoms with Crippen LogP contribution in [0.15, 0.2) is 29.2 Å². The van der Waals surface area contributed by atoms with Gasteiger partial charge in [-0.15, -0.1) is 0 Å². The van der Waals surface area contributed by atoms with Crippen LogP contribution < -0.4 is 5.32 Å². The van der Waals surface area contributed by atoms with Gasteiger partial charge in [0.1, 0.15) is 0 Å². The minimum Gasteiger partial charge on any atom is -0.352 e. The van der Waals surface area contributed by atoms with Gasteiger partial charge in [0.15, 0.2) is 0 Å². The molecule has 0 unspecified atom stereocenters. The smallest absolute Gasteiger partial charge is 0.264 e. The molecule has 142 valence electrons. The summed E-state index contributed by atoms with van der Waals surface area (Å²) in [6, 6.07) is 5.84. The van der Waals surface area contributed by atoms with Crippen LogP contribution in [0, 0.1) is 0 Å². The average Bonchev–Trinajstić information content (AvgIpc) is 2.63. The quantitative estimate of drug-likeness (QED) is 0.452. The van der Waals surface area contributed by atoms with Crippen LogP contribution in [0.2, 0.25) is 0 Å². The van der Waals surface area contributed by atoms with Gasteiger partial charge in [0.25, 0.3) is 15.9 Å². The molecule has 1 aromatic rings. The summed E-state index contributed by atoms with van der Waals surface area (Å²) >= 11 is 0. The Balaban J connectivity index is 2.40. The van der Waals surface area contributed by atoms with E-state index in [1.165, 1.54) is 70.5 Å². The lowest BCUT2D eigenvalue weighted by Gasteiger charge is -2.14. The zero-order chi connectivity index (χ0) is 18.7. The highest BCUT2D eigenvalue weighted by molar-refractivity contribution is 7.89. The van der Waals surface area contributed by atoms with Crippen molar-refractivity contribution in [1.29, 1.82) is 0 Å². The predicted molar refractivity (Wildman–Crippen MR) is 98.7 cm³/mol. The Kier molecular flexibility index (Phi) is 9.70. The second-order valence-electron chi connectivity index (χ2n) is 6.00. The van der Waals surface area contributed by atoms with E-state index in [4.69, 9.17) is 4.84 Å². The van der Waals surface area contributed by atoms with Gasteiger partial charge in [-0.25, -0.2) is 8.42 Å². The maximum Gasteiger partial charge on any atom is 0.264 e. The van der Waals surface area contributed by atoms with Gasteiger partial charge in [0.2, 0.25) is 0 Å². The van der Waals surface area contributed by atoms with E-state index in [2.05, 4.69) is 12.2 Å². The summed E-state index contributed by atoms with van der Waals surface area (Å²) in [5.41, 5.74) is 0.446. The summed E-state index contributed by atoms with van der Waals surface area (Å²) < 4.78 is 24.9. The number of nitrogens with one attached hydrogen (secondary N) is 1. The molecule has 1 aromatic carbocycles. The second-order valence-corrected chi connectivity index (χ2v) is 7.93. The first kappa shape index (κ1) is 21.6. The van der Waals surface area contributed by atoms with E-state index in [1.807, 2.05) is 0 Å². The van der Waals surface area contributed by atoms with Gasteiger partial charge in [0.05, 0.1) is 12.0 Å². The van der Waals surface area contributed by atoms with Crippen LogP contribution in [-0.2, 0) is 14.9 Å². The zero-order valence-corrected chi connectivity index (χ0v) is 16.3. The molecule has 0 radical (unpaired) electrons. The first-order valence-electron chi connectivity index (χ1n) is 8.84. The van der Waals surface area contributed by atoms with Crippen molar-refractivity contribution in [2.45, 2.75) is 56.8 Å². The van der Waals surface area contributed by atoms with E-state index in [1.54, 1.807) is 0 Å².